The third kappa shape index (κ3) is 7.81. The molecule has 14 rings (SSSR count). The summed E-state index contributed by atoms with van der Waals surface area (Å²) < 4.78 is 15.0. The lowest BCUT2D eigenvalue weighted by molar-refractivity contribution is 0.590. The fourth-order valence-electron chi connectivity index (χ4n) is 13.5. The second-order valence-corrected chi connectivity index (χ2v) is 37.1. The van der Waals surface area contributed by atoms with E-state index in [1.54, 1.807) is 0 Å². The molecule has 81 heavy (non-hydrogen) atoms. The predicted molar refractivity (Wildman–Crippen MR) is 350 cm³/mol. The van der Waals surface area contributed by atoms with Gasteiger partial charge in [-0.3, -0.25) is 0 Å². The van der Waals surface area contributed by atoms with Gasteiger partial charge in [-0.2, -0.15) is 0 Å². The number of rotatable bonds is 8. The summed E-state index contributed by atoms with van der Waals surface area (Å²) in [5, 5.41) is 7.15. The van der Waals surface area contributed by atoms with Crippen molar-refractivity contribution in [1.29, 1.82) is 0 Å². The maximum atomic E-state index is 7.59. The Morgan fingerprint density at radius 3 is 1.19 bits per heavy atom. The standard InChI is InChI=1S/C75H70N2O2Si2/c1-73(2,3)47-29-33-49(34-30-47)76(51-37-41-53(42-38-51)80(7,8)9)63-45-62-70(72-67(63)57-23-15-19-27-65(57)79-72)69-61(75(62)59-25-17-13-21-55(59)56-22-14-18-26-60(56)75)46-64(71-68(69)58-24-16-20-28-66(58)78-71)77(50-35-31-48(32-36-50)74(4,5)6)52-39-43-54(44-40-52)81(10,11)12/h13-46H,1-12H3. The number of nitrogens with zero attached hydrogens (tertiary/aromatic N) is 2. The van der Waals surface area contributed by atoms with Crippen LogP contribution >= 0.6 is 0 Å². The quantitative estimate of drug-likeness (QED) is 0.142. The van der Waals surface area contributed by atoms with Crippen LogP contribution in [0.1, 0.15) is 74.9 Å². The van der Waals surface area contributed by atoms with E-state index in [2.05, 4.69) is 297 Å². The zero-order valence-corrected chi connectivity index (χ0v) is 50.8. The van der Waals surface area contributed by atoms with Crippen LogP contribution in [0.25, 0.3) is 66.1 Å². The number of hydrogen-bond donors (Lipinski definition) is 0. The van der Waals surface area contributed by atoms with Gasteiger partial charge in [-0.1, -0.05) is 225 Å². The Morgan fingerprint density at radius 2 is 0.728 bits per heavy atom. The first-order valence-electron chi connectivity index (χ1n) is 28.9. The molecule has 400 valence electrons. The van der Waals surface area contributed by atoms with Crippen LogP contribution in [0.15, 0.2) is 215 Å². The minimum atomic E-state index is -1.64. The molecule has 0 fully saturated rings. The van der Waals surface area contributed by atoms with E-state index in [0.717, 1.165) is 89.1 Å². The Labute approximate surface area is 479 Å². The van der Waals surface area contributed by atoms with E-state index in [1.165, 1.54) is 54.9 Å². The summed E-state index contributed by atoms with van der Waals surface area (Å²) in [6.45, 7) is 28.3. The van der Waals surface area contributed by atoms with E-state index in [1.807, 2.05) is 0 Å². The molecular formula is C75H70N2O2Si2. The lowest BCUT2D eigenvalue weighted by atomic mass is 9.70. The molecule has 0 bridgehead atoms. The number of para-hydroxylation sites is 2. The monoisotopic (exact) mass is 1090 g/mol. The summed E-state index contributed by atoms with van der Waals surface area (Å²) >= 11 is 0. The Balaban J connectivity index is 1.16. The van der Waals surface area contributed by atoms with Crippen LogP contribution in [-0.2, 0) is 16.2 Å². The highest BCUT2D eigenvalue weighted by atomic mass is 28.3. The van der Waals surface area contributed by atoms with E-state index in [9.17, 15) is 0 Å². The van der Waals surface area contributed by atoms with E-state index < -0.39 is 21.6 Å². The molecule has 0 unspecified atom stereocenters. The van der Waals surface area contributed by atoms with Crippen molar-refractivity contribution in [2.75, 3.05) is 9.80 Å². The molecule has 1 spiro atoms. The summed E-state index contributed by atoms with van der Waals surface area (Å²) in [4.78, 5) is 4.97. The van der Waals surface area contributed by atoms with Crippen molar-refractivity contribution in [2.45, 2.75) is 97.1 Å². The van der Waals surface area contributed by atoms with Gasteiger partial charge in [-0.05, 0) is 128 Å². The minimum Gasteiger partial charge on any atom is -0.455 e. The molecule has 2 aromatic heterocycles. The number of fused-ring (bicyclic) bond motifs is 18. The molecule has 0 radical (unpaired) electrons. The average Bonchev–Trinajstić information content (AvgIpc) is 3.76. The zero-order chi connectivity index (χ0) is 56.1. The molecule has 0 saturated carbocycles. The van der Waals surface area contributed by atoms with Crippen molar-refractivity contribution in [3.05, 3.63) is 240 Å². The number of anilines is 6. The molecule has 6 heteroatoms. The maximum Gasteiger partial charge on any atom is 0.160 e. The third-order valence-electron chi connectivity index (χ3n) is 17.7. The molecule has 0 saturated heterocycles. The van der Waals surface area contributed by atoms with Gasteiger partial charge in [0.1, 0.15) is 16.7 Å². The molecule has 2 heterocycles. The topological polar surface area (TPSA) is 32.8 Å². The van der Waals surface area contributed by atoms with Crippen molar-refractivity contribution < 1.29 is 8.83 Å². The molecule has 0 amide bonds. The average molecular weight is 1090 g/mol. The van der Waals surface area contributed by atoms with Crippen LogP contribution in [0, 0.1) is 0 Å². The van der Waals surface area contributed by atoms with Crippen molar-refractivity contribution >= 4 is 105 Å². The smallest absolute Gasteiger partial charge is 0.160 e. The Morgan fingerprint density at radius 1 is 0.358 bits per heavy atom. The summed E-state index contributed by atoms with van der Waals surface area (Å²) in [6.07, 6.45) is 0. The highest BCUT2D eigenvalue weighted by molar-refractivity contribution is 6.89. The normalized spacial score (nSPS) is 13.8. The van der Waals surface area contributed by atoms with Crippen LogP contribution in [0.5, 0.6) is 0 Å². The Kier molecular flexibility index (Phi) is 11.3. The van der Waals surface area contributed by atoms with Gasteiger partial charge >= 0.3 is 0 Å². The van der Waals surface area contributed by atoms with E-state index in [4.69, 9.17) is 8.83 Å². The van der Waals surface area contributed by atoms with Crippen LogP contribution in [0.3, 0.4) is 0 Å². The third-order valence-corrected chi connectivity index (χ3v) is 21.8. The van der Waals surface area contributed by atoms with Crippen molar-refractivity contribution in [2.24, 2.45) is 0 Å². The van der Waals surface area contributed by atoms with Crippen LogP contribution in [0.4, 0.5) is 34.1 Å². The molecule has 10 aromatic carbocycles. The van der Waals surface area contributed by atoms with Gasteiger partial charge in [0.05, 0.1) is 38.3 Å². The van der Waals surface area contributed by atoms with Gasteiger partial charge < -0.3 is 18.6 Å². The summed E-state index contributed by atoms with van der Waals surface area (Å²) in [5.74, 6) is 0. The fraction of sp³-hybridized carbons (Fsp3) is 0.200. The van der Waals surface area contributed by atoms with E-state index >= 15 is 0 Å². The molecule has 12 aromatic rings. The summed E-state index contributed by atoms with van der Waals surface area (Å²) in [7, 11) is -3.29. The summed E-state index contributed by atoms with van der Waals surface area (Å²) in [5.41, 5.74) is 21.2. The Hall–Kier alpha value is -8.17. The van der Waals surface area contributed by atoms with Gasteiger partial charge in [0, 0.05) is 50.0 Å². The van der Waals surface area contributed by atoms with Gasteiger partial charge in [0.2, 0.25) is 0 Å². The predicted octanol–water partition coefficient (Wildman–Crippen LogP) is 20.5. The molecule has 2 aliphatic carbocycles. The van der Waals surface area contributed by atoms with Crippen molar-refractivity contribution in [1.82, 2.24) is 0 Å². The van der Waals surface area contributed by atoms with E-state index in [-0.39, 0.29) is 10.8 Å². The zero-order valence-electron chi connectivity index (χ0n) is 48.8. The van der Waals surface area contributed by atoms with Crippen LogP contribution in [0.2, 0.25) is 39.3 Å². The van der Waals surface area contributed by atoms with Crippen LogP contribution < -0.4 is 20.2 Å². The van der Waals surface area contributed by atoms with E-state index in [0.29, 0.717) is 0 Å². The molecular weight excluding hydrogens is 1020 g/mol. The van der Waals surface area contributed by atoms with Gasteiger partial charge in [-0.15, -0.1) is 0 Å². The molecule has 2 aliphatic rings. The largest absolute Gasteiger partial charge is 0.455 e. The highest BCUT2D eigenvalue weighted by Gasteiger charge is 2.54. The van der Waals surface area contributed by atoms with Gasteiger partial charge in [0.25, 0.3) is 0 Å². The fourth-order valence-corrected chi connectivity index (χ4v) is 15.8. The molecule has 0 N–H and O–H groups in total. The summed E-state index contributed by atoms with van der Waals surface area (Å²) in [6, 6.07) is 78.1. The number of hydrogen-bond acceptors (Lipinski definition) is 4. The lowest BCUT2D eigenvalue weighted by Crippen LogP contribution is -2.37. The van der Waals surface area contributed by atoms with Crippen molar-refractivity contribution in [3.63, 3.8) is 0 Å². The van der Waals surface area contributed by atoms with Gasteiger partial charge in [0.15, 0.2) is 5.58 Å². The first-order chi connectivity index (χ1) is 38.7. The highest BCUT2D eigenvalue weighted by Crippen LogP contribution is 2.68. The molecule has 4 nitrogen and oxygen atoms in total. The second kappa shape index (κ2) is 17.9. The molecule has 0 atom stereocenters. The van der Waals surface area contributed by atoms with Crippen LogP contribution in [-0.4, -0.2) is 16.1 Å². The first-order valence-corrected chi connectivity index (χ1v) is 35.9. The SMILES string of the molecule is CC(C)(C)c1ccc(N(c2ccc([Si](C)(C)C)cc2)c2cc3c(c4c2oc2ccccc24)-c2c(cc(N(c4ccc(C(C)(C)C)cc4)c4ccc([Si](C)(C)C)cc4)c4c2oc2ccccc24)C32c3ccccc3-c3ccccc32)cc1. The van der Waals surface area contributed by atoms with Crippen molar-refractivity contribution in [3.8, 4) is 22.3 Å². The Bertz CT molecular complexity index is 4320. The molecule has 0 aliphatic heterocycles. The minimum absolute atomic E-state index is 0.0182. The second-order valence-electron chi connectivity index (χ2n) is 26.9. The van der Waals surface area contributed by atoms with Gasteiger partial charge in [-0.25, -0.2) is 0 Å². The maximum absolute atomic E-state index is 7.59. The number of benzene rings is 10. The first kappa shape index (κ1) is 51.0. The lowest BCUT2D eigenvalue weighted by Gasteiger charge is -2.34. The number of furan rings is 2.